The van der Waals surface area contributed by atoms with E-state index >= 15 is 0 Å². The Labute approximate surface area is 99.9 Å². The molecule has 1 aromatic rings. The quantitative estimate of drug-likeness (QED) is 0.809. The summed E-state index contributed by atoms with van der Waals surface area (Å²) >= 11 is 0. The van der Waals surface area contributed by atoms with Gasteiger partial charge in [-0.2, -0.15) is 0 Å². The van der Waals surface area contributed by atoms with Crippen LogP contribution in [-0.4, -0.2) is 18.6 Å². The molecule has 1 aromatic carbocycles. The molecule has 0 atom stereocenters. The fraction of sp³-hybridized carbons (Fsp3) is 0.462. The number of fused-ring (bicyclic) bond motifs is 1. The van der Waals surface area contributed by atoms with E-state index in [1.165, 1.54) is 0 Å². The summed E-state index contributed by atoms with van der Waals surface area (Å²) in [6.07, 6.45) is 3.70. The number of anilines is 1. The van der Waals surface area contributed by atoms with Gasteiger partial charge in [0.05, 0.1) is 12.8 Å². The molecule has 4 nitrogen and oxygen atoms in total. The minimum Gasteiger partial charge on any atom is -0.497 e. The van der Waals surface area contributed by atoms with Crippen LogP contribution in [0.1, 0.15) is 25.7 Å². The van der Waals surface area contributed by atoms with E-state index in [0.717, 1.165) is 37.1 Å². The maximum Gasteiger partial charge on any atom is 0.268 e. The summed E-state index contributed by atoms with van der Waals surface area (Å²) in [6, 6.07) is 5.46. The van der Waals surface area contributed by atoms with E-state index in [2.05, 4.69) is 5.32 Å². The van der Waals surface area contributed by atoms with Gasteiger partial charge in [-0.3, -0.25) is 4.79 Å². The first-order valence-electron chi connectivity index (χ1n) is 5.92. The number of nitrogens with one attached hydrogen (secondary N) is 1. The number of hydrogen-bond donors (Lipinski definition) is 1. The van der Waals surface area contributed by atoms with Crippen molar-refractivity contribution < 1.29 is 14.3 Å². The number of carbonyl (C=O) groups excluding carboxylic acids is 1. The zero-order valence-corrected chi connectivity index (χ0v) is 9.79. The van der Waals surface area contributed by atoms with E-state index < -0.39 is 5.60 Å². The van der Waals surface area contributed by atoms with Gasteiger partial charge in [-0.25, -0.2) is 0 Å². The SMILES string of the molecule is COc1ccc2c(c1)OC1(CCCC1)C(=O)N2. The molecule has 1 spiro atoms. The third kappa shape index (κ3) is 1.55. The van der Waals surface area contributed by atoms with Gasteiger partial charge in [-0.15, -0.1) is 0 Å². The Hall–Kier alpha value is -1.71. The molecule has 17 heavy (non-hydrogen) atoms. The number of methoxy groups -OCH3 is 1. The van der Waals surface area contributed by atoms with Crippen LogP contribution in [0.3, 0.4) is 0 Å². The Morgan fingerprint density at radius 2 is 2.12 bits per heavy atom. The van der Waals surface area contributed by atoms with Crippen LogP contribution < -0.4 is 14.8 Å². The first-order chi connectivity index (χ1) is 8.23. The first kappa shape index (κ1) is 10.4. The van der Waals surface area contributed by atoms with Crippen molar-refractivity contribution in [1.29, 1.82) is 0 Å². The summed E-state index contributed by atoms with van der Waals surface area (Å²) in [5.41, 5.74) is 0.0904. The lowest BCUT2D eigenvalue weighted by Gasteiger charge is -2.34. The smallest absolute Gasteiger partial charge is 0.268 e. The average molecular weight is 233 g/mol. The highest BCUT2D eigenvalue weighted by atomic mass is 16.5. The van der Waals surface area contributed by atoms with Crippen molar-refractivity contribution >= 4 is 11.6 Å². The number of benzene rings is 1. The van der Waals surface area contributed by atoms with Crippen molar-refractivity contribution in [1.82, 2.24) is 0 Å². The van der Waals surface area contributed by atoms with E-state index in [4.69, 9.17) is 9.47 Å². The second-order valence-corrected chi connectivity index (χ2v) is 4.62. The Balaban J connectivity index is 1.99. The molecule has 1 saturated carbocycles. The van der Waals surface area contributed by atoms with Crippen LogP contribution >= 0.6 is 0 Å². The van der Waals surface area contributed by atoms with Gasteiger partial charge in [-0.05, 0) is 37.8 Å². The Bertz CT molecular complexity index is 464. The topological polar surface area (TPSA) is 47.6 Å². The zero-order valence-electron chi connectivity index (χ0n) is 9.79. The molecule has 0 radical (unpaired) electrons. The lowest BCUT2D eigenvalue weighted by atomic mass is 9.98. The van der Waals surface area contributed by atoms with Crippen molar-refractivity contribution in [3.05, 3.63) is 18.2 Å². The minimum absolute atomic E-state index is 0.00679. The molecule has 4 heteroatoms. The van der Waals surface area contributed by atoms with E-state index in [0.29, 0.717) is 5.75 Å². The average Bonchev–Trinajstić information content (AvgIpc) is 2.80. The first-order valence-corrected chi connectivity index (χ1v) is 5.92. The van der Waals surface area contributed by atoms with E-state index in [1.54, 1.807) is 7.11 Å². The van der Waals surface area contributed by atoms with Gasteiger partial charge in [0.1, 0.15) is 11.5 Å². The summed E-state index contributed by atoms with van der Waals surface area (Å²) in [6.45, 7) is 0. The standard InChI is InChI=1S/C13H15NO3/c1-16-9-4-5-10-11(8-9)17-13(12(15)14-10)6-2-3-7-13/h4-5,8H,2-3,6-7H2,1H3,(H,14,15). The Morgan fingerprint density at radius 1 is 1.35 bits per heavy atom. The molecule has 3 rings (SSSR count). The predicted octanol–water partition coefficient (Wildman–Crippen LogP) is 2.34. The van der Waals surface area contributed by atoms with Gasteiger partial charge >= 0.3 is 0 Å². The third-order valence-electron chi connectivity index (χ3n) is 3.57. The van der Waals surface area contributed by atoms with Gasteiger partial charge in [-0.1, -0.05) is 0 Å². The molecule has 0 aromatic heterocycles. The molecule has 90 valence electrons. The van der Waals surface area contributed by atoms with Gasteiger partial charge in [0.15, 0.2) is 5.60 Å². The molecule has 1 aliphatic carbocycles. The van der Waals surface area contributed by atoms with Crippen molar-refractivity contribution in [3.8, 4) is 11.5 Å². The monoisotopic (exact) mass is 233 g/mol. The summed E-state index contributed by atoms with van der Waals surface area (Å²) in [7, 11) is 1.62. The number of carbonyl (C=O) groups is 1. The highest BCUT2D eigenvalue weighted by Gasteiger charge is 2.46. The van der Waals surface area contributed by atoms with Gasteiger partial charge in [0.2, 0.25) is 0 Å². The van der Waals surface area contributed by atoms with Crippen molar-refractivity contribution in [2.24, 2.45) is 0 Å². The second-order valence-electron chi connectivity index (χ2n) is 4.62. The van der Waals surface area contributed by atoms with Gasteiger partial charge < -0.3 is 14.8 Å². The highest BCUT2D eigenvalue weighted by Crippen LogP contribution is 2.43. The summed E-state index contributed by atoms with van der Waals surface area (Å²) in [4.78, 5) is 12.1. The molecule has 1 aliphatic heterocycles. The summed E-state index contributed by atoms with van der Waals surface area (Å²) < 4.78 is 11.1. The van der Waals surface area contributed by atoms with Crippen LogP contribution in [0.5, 0.6) is 11.5 Å². The molecule has 0 bridgehead atoms. The molecule has 1 amide bonds. The highest BCUT2D eigenvalue weighted by molar-refractivity contribution is 6.01. The summed E-state index contributed by atoms with van der Waals surface area (Å²) in [5.74, 6) is 1.45. The van der Waals surface area contributed by atoms with E-state index in [-0.39, 0.29) is 5.91 Å². The summed E-state index contributed by atoms with van der Waals surface area (Å²) in [5, 5.41) is 2.92. The number of ether oxygens (including phenoxy) is 2. The molecule has 2 aliphatic rings. The Kier molecular flexibility index (Phi) is 2.24. The van der Waals surface area contributed by atoms with Crippen LogP contribution in [-0.2, 0) is 4.79 Å². The molecule has 0 saturated heterocycles. The second kappa shape index (κ2) is 3.65. The maximum absolute atomic E-state index is 12.1. The fourth-order valence-electron chi connectivity index (χ4n) is 2.59. The lowest BCUT2D eigenvalue weighted by Crippen LogP contribution is -2.48. The molecule has 1 heterocycles. The molecule has 1 N–H and O–H groups in total. The van der Waals surface area contributed by atoms with E-state index in [1.807, 2.05) is 18.2 Å². The normalized spacial score (nSPS) is 20.6. The lowest BCUT2D eigenvalue weighted by molar-refractivity contribution is -0.131. The number of hydrogen-bond acceptors (Lipinski definition) is 3. The molecular formula is C13H15NO3. The van der Waals surface area contributed by atoms with Crippen molar-refractivity contribution in [3.63, 3.8) is 0 Å². The number of amides is 1. The molecule has 0 unspecified atom stereocenters. The van der Waals surface area contributed by atoms with Crippen LogP contribution in [0.25, 0.3) is 0 Å². The molecular weight excluding hydrogens is 218 g/mol. The number of rotatable bonds is 1. The largest absolute Gasteiger partial charge is 0.497 e. The van der Waals surface area contributed by atoms with Gasteiger partial charge in [0, 0.05) is 6.07 Å². The van der Waals surface area contributed by atoms with E-state index in [9.17, 15) is 4.79 Å². The van der Waals surface area contributed by atoms with Crippen LogP contribution in [0.2, 0.25) is 0 Å². The van der Waals surface area contributed by atoms with Crippen molar-refractivity contribution in [2.75, 3.05) is 12.4 Å². The van der Waals surface area contributed by atoms with Gasteiger partial charge in [0.25, 0.3) is 5.91 Å². The molecule has 1 fully saturated rings. The third-order valence-corrected chi connectivity index (χ3v) is 3.57. The van der Waals surface area contributed by atoms with Crippen LogP contribution in [0, 0.1) is 0 Å². The predicted molar refractivity (Wildman–Crippen MR) is 63.5 cm³/mol. The van der Waals surface area contributed by atoms with Crippen LogP contribution in [0.4, 0.5) is 5.69 Å². The Morgan fingerprint density at radius 3 is 2.82 bits per heavy atom. The minimum atomic E-state index is -0.640. The zero-order chi connectivity index (χ0) is 11.9. The van der Waals surface area contributed by atoms with Crippen LogP contribution in [0.15, 0.2) is 18.2 Å². The maximum atomic E-state index is 12.1. The van der Waals surface area contributed by atoms with Crippen molar-refractivity contribution in [2.45, 2.75) is 31.3 Å². The fourth-order valence-corrected chi connectivity index (χ4v) is 2.59.